The van der Waals surface area contributed by atoms with Crippen LogP contribution in [0.4, 0.5) is 5.69 Å². The molecule has 4 nitrogen and oxygen atoms in total. The Balaban J connectivity index is 2.18. The third-order valence-electron chi connectivity index (χ3n) is 2.58. The highest BCUT2D eigenvalue weighted by Crippen LogP contribution is 2.10. The third-order valence-corrected chi connectivity index (χ3v) is 2.58. The first-order valence-electron chi connectivity index (χ1n) is 5.50. The van der Waals surface area contributed by atoms with E-state index in [1.165, 1.54) is 0 Å². The summed E-state index contributed by atoms with van der Waals surface area (Å²) in [6, 6.07) is 5.80. The minimum atomic E-state index is -0.0726. The normalized spacial score (nSPS) is 10.2. The van der Waals surface area contributed by atoms with E-state index in [4.69, 9.17) is 0 Å². The number of aryl methyl sites for hydroxylation is 2. The van der Waals surface area contributed by atoms with Crippen molar-refractivity contribution in [2.45, 2.75) is 20.4 Å². The van der Waals surface area contributed by atoms with Gasteiger partial charge < -0.3 is 10.3 Å². The van der Waals surface area contributed by atoms with Crippen molar-refractivity contribution >= 4 is 5.69 Å². The van der Waals surface area contributed by atoms with Gasteiger partial charge >= 0.3 is 0 Å². The van der Waals surface area contributed by atoms with E-state index < -0.39 is 0 Å². The van der Waals surface area contributed by atoms with Gasteiger partial charge in [-0.2, -0.15) is 0 Å². The molecule has 0 aromatic carbocycles. The van der Waals surface area contributed by atoms with E-state index in [1.54, 1.807) is 12.4 Å². The lowest BCUT2D eigenvalue weighted by Crippen LogP contribution is -2.16. The van der Waals surface area contributed by atoms with E-state index in [2.05, 4.69) is 15.3 Å². The molecule has 0 amide bonds. The van der Waals surface area contributed by atoms with Crippen molar-refractivity contribution in [2.24, 2.45) is 0 Å². The fourth-order valence-electron chi connectivity index (χ4n) is 1.76. The highest BCUT2D eigenvalue weighted by molar-refractivity contribution is 5.49. The second-order valence-electron chi connectivity index (χ2n) is 4.05. The summed E-state index contributed by atoms with van der Waals surface area (Å²) in [5.74, 6) is 0. The topological polar surface area (TPSA) is 57.8 Å². The minimum Gasteiger partial charge on any atom is -0.376 e. The van der Waals surface area contributed by atoms with E-state index in [0.717, 1.165) is 16.8 Å². The first kappa shape index (κ1) is 11.4. The van der Waals surface area contributed by atoms with Gasteiger partial charge in [-0.1, -0.05) is 0 Å². The summed E-state index contributed by atoms with van der Waals surface area (Å²) >= 11 is 0. The van der Waals surface area contributed by atoms with Crippen molar-refractivity contribution in [3.05, 3.63) is 57.8 Å². The van der Waals surface area contributed by atoms with Gasteiger partial charge in [0.15, 0.2) is 0 Å². The molecule has 2 rings (SSSR count). The van der Waals surface area contributed by atoms with Crippen LogP contribution in [-0.4, -0.2) is 9.97 Å². The molecule has 0 bridgehead atoms. The highest BCUT2D eigenvalue weighted by Gasteiger charge is 2.04. The number of hydrogen-bond acceptors (Lipinski definition) is 3. The maximum Gasteiger partial charge on any atom is 0.271 e. The molecule has 2 heterocycles. The number of aromatic amines is 1. The molecule has 4 heteroatoms. The van der Waals surface area contributed by atoms with Gasteiger partial charge in [-0.3, -0.25) is 9.78 Å². The van der Waals surface area contributed by atoms with Gasteiger partial charge in [0.2, 0.25) is 0 Å². The Morgan fingerprint density at radius 1 is 1.29 bits per heavy atom. The van der Waals surface area contributed by atoms with E-state index in [0.29, 0.717) is 12.2 Å². The summed E-state index contributed by atoms with van der Waals surface area (Å²) in [7, 11) is 0. The summed E-state index contributed by atoms with van der Waals surface area (Å²) in [4.78, 5) is 18.5. The fraction of sp³-hybridized carbons (Fsp3) is 0.231. The minimum absolute atomic E-state index is 0.0726. The number of nitrogens with zero attached hydrogens (tertiary/aromatic N) is 1. The fourth-order valence-corrected chi connectivity index (χ4v) is 1.76. The van der Waals surface area contributed by atoms with Crippen molar-refractivity contribution in [1.29, 1.82) is 0 Å². The molecule has 0 radical (unpaired) electrons. The van der Waals surface area contributed by atoms with Crippen LogP contribution in [0.5, 0.6) is 0 Å². The highest BCUT2D eigenvalue weighted by atomic mass is 16.1. The number of aromatic nitrogens is 2. The van der Waals surface area contributed by atoms with Gasteiger partial charge in [0.05, 0.1) is 0 Å². The lowest BCUT2D eigenvalue weighted by atomic mass is 10.2. The largest absolute Gasteiger partial charge is 0.376 e. The van der Waals surface area contributed by atoms with Crippen LogP contribution in [0.3, 0.4) is 0 Å². The lowest BCUT2D eigenvalue weighted by Gasteiger charge is -2.09. The number of rotatable bonds is 3. The van der Waals surface area contributed by atoms with Crippen LogP contribution in [0, 0.1) is 13.8 Å². The van der Waals surface area contributed by atoms with Gasteiger partial charge in [0, 0.05) is 24.6 Å². The first-order valence-corrected chi connectivity index (χ1v) is 5.50. The molecule has 0 unspecified atom stereocenters. The molecule has 2 aromatic rings. The number of H-pyrrole nitrogens is 1. The molecule has 0 saturated carbocycles. The molecule has 0 aliphatic rings. The predicted octanol–water partition coefficient (Wildman–Crippen LogP) is 2.00. The van der Waals surface area contributed by atoms with E-state index in [9.17, 15) is 4.79 Å². The van der Waals surface area contributed by atoms with Crippen molar-refractivity contribution < 1.29 is 0 Å². The molecular weight excluding hydrogens is 214 g/mol. The molecule has 0 aliphatic carbocycles. The van der Waals surface area contributed by atoms with Gasteiger partial charge in [-0.25, -0.2) is 0 Å². The van der Waals surface area contributed by atoms with E-state index in [1.807, 2.05) is 32.0 Å². The smallest absolute Gasteiger partial charge is 0.271 e. The number of pyridine rings is 2. The number of hydrogen-bond donors (Lipinski definition) is 2. The average Bonchev–Trinajstić information content (AvgIpc) is 2.29. The van der Waals surface area contributed by atoms with E-state index >= 15 is 0 Å². The van der Waals surface area contributed by atoms with Crippen LogP contribution in [0.1, 0.15) is 16.8 Å². The zero-order valence-electron chi connectivity index (χ0n) is 9.95. The Bertz CT molecular complexity index is 561. The quantitative estimate of drug-likeness (QED) is 0.846. The van der Waals surface area contributed by atoms with Crippen LogP contribution < -0.4 is 10.9 Å². The summed E-state index contributed by atoms with van der Waals surface area (Å²) in [6.07, 6.45) is 3.48. The molecule has 2 N–H and O–H groups in total. The second-order valence-corrected chi connectivity index (χ2v) is 4.05. The Morgan fingerprint density at radius 2 is 2.00 bits per heavy atom. The molecule has 0 atom stereocenters. The molecule has 17 heavy (non-hydrogen) atoms. The first-order chi connectivity index (χ1) is 8.16. The van der Waals surface area contributed by atoms with E-state index in [-0.39, 0.29) is 5.56 Å². The van der Waals surface area contributed by atoms with Gasteiger partial charge in [-0.15, -0.1) is 0 Å². The van der Waals surface area contributed by atoms with Crippen molar-refractivity contribution in [3.63, 3.8) is 0 Å². The predicted molar refractivity (Wildman–Crippen MR) is 68.1 cm³/mol. The zero-order chi connectivity index (χ0) is 12.3. The molecular formula is C13H15N3O. The molecule has 0 fully saturated rings. The zero-order valence-corrected chi connectivity index (χ0v) is 9.95. The SMILES string of the molecule is Cc1cc(C)c(NCc2ccncc2)c(=O)[nH]1. The summed E-state index contributed by atoms with van der Waals surface area (Å²) < 4.78 is 0. The Morgan fingerprint density at radius 3 is 2.65 bits per heavy atom. The number of anilines is 1. The summed E-state index contributed by atoms with van der Waals surface area (Å²) in [6.45, 7) is 4.42. The molecule has 2 aromatic heterocycles. The maximum atomic E-state index is 11.8. The summed E-state index contributed by atoms with van der Waals surface area (Å²) in [5, 5.41) is 3.15. The number of nitrogens with one attached hydrogen (secondary N) is 2. The van der Waals surface area contributed by atoms with Gasteiger partial charge in [0.25, 0.3) is 5.56 Å². The maximum absolute atomic E-state index is 11.8. The van der Waals surface area contributed by atoms with Gasteiger partial charge in [0.1, 0.15) is 5.69 Å². The Hall–Kier alpha value is -2.10. The van der Waals surface area contributed by atoms with Crippen LogP contribution in [0.15, 0.2) is 35.4 Å². The lowest BCUT2D eigenvalue weighted by molar-refractivity contribution is 1.07. The molecule has 0 saturated heterocycles. The Labute approximate surface area is 99.7 Å². The van der Waals surface area contributed by atoms with Crippen molar-refractivity contribution in [1.82, 2.24) is 9.97 Å². The molecule has 0 aliphatic heterocycles. The van der Waals surface area contributed by atoms with Crippen LogP contribution in [0.2, 0.25) is 0 Å². The standard InChI is InChI=1S/C13H15N3O/c1-9-7-10(2)16-13(17)12(9)15-8-11-3-5-14-6-4-11/h3-7,15H,8H2,1-2H3,(H,16,17). The molecule has 0 spiro atoms. The van der Waals surface area contributed by atoms with Crippen molar-refractivity contribution in [3.8, 4) is 0 Å². The average molecular weight is 229 g/mol. The summed E-state index contributed by atoms with van der Waals surface area (Å²) in [5.41, 5.74) is 3.49. The molecule has 88 valence electrons. The van der Waals surface area contributed by atoms with Crippen LogP contribution in [-0.2, 0) is 6.54 Å². The van der Waals surface area contributed by atoms with Crippen molar-refractivity contribution in [2.75, 3.05) is 5.32 Å². The van der Waals surface area contributed by atoms with Crippen LogP contribution >= 0.6 is 0 Å². The van der Waals surface area contributed by atoms with Gasteiger partial charge in [-0.05, 0) is 43.2 Å². The van der Waals surface area contributed by atoms with Crippen LogP contribution in [0.25, 0.3) is 0 Å². The third kappa shape index (κ3) is 2.72. The Kier molecular flexibility index (Phi) is 3.23. The second kappa shape index (κ2) is 4.82. The monoisotopic (exact) mass is 229 g/mol.